The zero-order chi connectivity index (χ0) is 16.3. The van der Waals surface area contributed by atoms with Crippen LogP contribution >= 0.6 is 12.4 Å². The number of carbonyl (C=O) groups excluding carboxylic acids is 1. The number of aliphatic hydroxyl groups is 1. The molecule has 1 aromatic carbocycles. The van der Waals surface area contributed by atoms with E-state index in [9.17, 15) is 9.90 Å². The Balaban J connectivity index is 0.00000264. The third-order valence-corrected chi connectivity index (χ3v) is 3.89. The van der Waals surface area contributed by atoms with E-state index in [0.717, 1.165) is 35.3 Å². The molecule has 0 radical (unpaired) electrons. The van der Waals surface area contributed by atoms with Crippen LogP contribution in [0, 0.1) is 6.92 Å². The Bertz CT molecular complexity index is 552. The van der Waals surface area contributed by atoms with Crippen molar-refractivity contribution in [1.29, 1.82) is 0 Å². The topological polar surface area (TPSA) is 58.6 Å². The molecule has 2 N–H and O–H groups in total. The van der Waals surface area contributed by atoms with E-state index >= 15 is 0 Å². The van der Waals surface area contributed by atoms with Crippen LogP contribution in [0.1, 0.15) is 55.1 Å². The van der Waals surface area contributed by atoms with Crippen molar-refractivity contribution in [1.82, 2.24) is 5.32 Å². The maximum Gasteiger partial charge on any atom is 0.163 e. The number of Topliss-reactive ketones (excluding diaryl/α,β-unsaturated/α-hetero) is 1. The molecule has 1 aliphatic rings. The van der Waals surface area contributed by atoms with E-state index in [1.165, 1.54) is 0 Å². The lowest BCUT2D eigenvalue weighted by Crippen LogP contribution is -2.42. The second-order valence-corrected chi connectivity index (χ2v) is 7.11. The minimum Gasteiger partial charge on any atom is -0.491 e. The normalized spacial score (nSPS) is 15.6. The largest absolute Gasteiger partial charge is 0.491 e. The van der Waals surface area contributed by atoms with Crippen LogP contribution in [0.2, 0.25) is 0 Å². The molecule has 1 aromatic rings. The molecule has 0 aromatic heterocycles. The van der Waals surface area contributed by atoms with E-state index < -0.39 is 6.10 Å². The number of ether oxygens (including phenoxy) is 1. The number of nitrogens with one attached hydrogen (secondary N) is 1. The van der Waals surface area contributed by atoms with Gasteiger partial charge in [-0.25, -0.2) is 0 Å². The quantitative estimate of drug-likeness (QED) is 0.864. The third kappa shape index (κ3) is 5.48. The summed E-state index contributed by atoms with van der Waals surface area (Å²) in [6, 6.07) is 3.84. The van der Waals surface area contributed by atoms with Gasteiger partial charge in [-0.1, -0.05) is 6.07 Å². The number of β-amino-alcohol motifs (C(OH)–C–C–N with tert-alkyl or cyclic N) is 1. The molecule has 1 unspecified atom stereocenters. The van der Waals surface area contributed by atoms with Gasteiger partial charge in [0.1, 0.15) is 18.5 Å². The molecule has 1 atom stereocenters. The van der Waals surface area contributed by atoms with Crippen LogP contribution in [0.3, 0.4) is 0 Å². The maximum absolute atomic E-state index is 12.1. The first-order chi connectivity index (χ1) is 10.3. The minimum atomic E-state index is -0.574. The predicted octanol–water partition coefficient (Wildman–Crippen LogP) is 3.06. The van der Waals surface area contributed by atoms with Gasteiger partial charge in [0.2, 0.25) is 0 Å². The highest BCUT2D eigenvalue weighted by Crippen LogP contribution is 2.32. The third-order valence-electron chi connectivity index (χ3n) is 3.89. The van der Waals surface area contributed by atoms with Crippen LogP contribution in [0.15, 0.2) is 12.1 Å². The number of benzene rings is 1. The Hall–Kier alpha value is -1.10. The number of ketones is 1. The molecule has 0 spiro atoms. The van der Waals surface area contributed by atoms with Gasteiger partial charge in [-0.15, -0.1) is 12.4 Å². The van der Waals surface area contributed by atoms with E-state index in [1.54, 1.807) is 0 Å². The first-order valence-corrected chi connectivity index (χ1v) is 7.99. The van der Waals surface area contributed by atoms with Gasteiger partial charge in [-0.05, 0) is 52.2 Å². The van der Waals surface area contributed by atoms with Gasteiger partial charge in [0.25, 0.3) is 0 Å². The predicted molar refractivity (Wildman–Crippen MR) is 95.0 cm³/mol. The van der Waals surface area contributed by atoms with Crippen molar-refractivity contribution in [2.45, 2.75) is 58.6 Å². The summed E-state index contributed by atoms with van der Waals surface area (Å²) < 4.78 is 5.79. The van der Waals surface area contributed by atoms with E-state index in [4.69, 9.17) is 4.74 Å². The van der Waals surface area contributed by atoms with Crippen LogP contribution in [0.5, 0.6) is 5.75 Å². The molecule has 130 valence electrons. The monoisotopic (exact) mass is 341 g/mol. The maximum atomic E-state index is 12.1. The number of fused-ring (bicyclic) bond motifs is 1. The first kappa shape index (κ1) is 19.9. The molecule has 0 saturated heterocycles. The molecule has 23 heavy (non-hydrogen) atoms. The lowest BCUT2D eigenvalue weighted by Gasteiger charge is -2.24. The van der Waals surface area contributed by atoms with Crippen LogP contribution in [0.25, 0.3) is 0 Å². The van der Waals surface area contributed by atoms with Gasteiger partial charge in [0.15, 0.2) is 5.78 Å². The average Bonchev–Trinajstić information content (AvgIpc) is 2.44. The number of hydrogen-bond donors (Lipinski definition) is 2. The number of halogens is 1. The number of hydrogen-bond acceptors (Lipinski definition) is 4. The van der Waals surface area contributed by atoms with Crippen LogP contribution in [-0.4, -0.2) is 35.7 Å². The van der Waals surface area contributed by atoms with E-state index in [0.29, 0.717) is 13.0 Å². The van der Waals surface area contributed by atoms with E-state index in [-0.39, 0.29) is 30.3 Å². The summed E-state index contributed by atoms with van der Waals surface area (Å²) >= 11 is 0. The van der Waals surface area contributed by atoms with E-state index in [1.807, 2.05) is 19.1 Å². The van der Waals surface area contributed by atoms with Crippen LogP contribution < -0.4 is 10.1 Å². The number of aryl methyl sites for hydroxylation is 1. The molecule has 1 aliphatic carbocycles. The number of aliphatic hydroxyl groups excluding tert-OH is 1. The summed E-state index contributed by atoms with van der Waals surface area (Å²) in [5, 5.41) is 13.3. The number of carbonyl (C=O) groups is 1. The SMILES string of the molecule is Cc1ccc(OCC(O)CNC(C)(C)C)c2c1C(=O)CCC2.Cl. The van der Waals surface area contributed by atoms with Crippen molar-refractivity contribution in [3.05, 3.63) is 28.8 Å². The average molecular weight is 342 g/mol. The molecule has 2 rings (SSSR count). The van der Waals surface area contributed by atoms with Crippen LogP contribution in [0.4, 0.5) is 0 Å². The van der Waals surface area contributed by atoms with Crippen molar-refractivity contribution in [2.24, 2.45) is 0 Å². The standard InChI is InChI=1S/C18H27NO3.ClH/c1-12-8-9-16(14-6-5-7-15(21)17(12)14)22-11-13(20)10-19-18(2,3)4;/h8-9,13,19-20H,5-7,10-11H2,1-4H3;1H. The Labute approximate surface area is 145 Å². The summed E-state index contributed by atoms with van der Waals surface area (Å²) in [6.45, 7) is 8.85. The van der Waals surface area contributed by atoms with Gasteiger partial charge in [0, 0.05) is 29.6 Å². The summed E-state index contributed by atoms with van der Waals surface area (Å²) in [5.41, 5.74) is 2.82. The van der Waals surface area contributed by atoms with Gasteiger partial charge in [-0.3, -0.25) is 4.79 Å². The van der Waals surface area contributed by atoms with Crippen molar-refractivity contribution in [3.8, 4) is 5.75 Å². The fourth-order valence-electron chi connectivity index (χ4n) is 2.74. The smallest absolute Gasteiger partial charge is 0.163 e. The Kier molecular flexibility index (Phi) is 7.05. The Morgan fingerprint density at radius 1 is 1.30 bits per heavy atom. The van der Waals surface area contributed by atoms with Gasteiger partial charge in [0.05, 0.1) is 0 Å². The highest BCUT2D eigenvalue weighted by atomic mass is 35.5. The molecular weight excluding hydrogens is 314 g/mol. The summed E-state index contributed by atoms with van der Waals surface area (Å²) in [7, 11) is 0. The van der Waals surface area contributed by atoms with Crippen LogP contribution in [-0.2, 0) is 6.42 Å². The van der Waals surface area contributed by atoms with Gasteiger partial charge < -0.3 is 15.2 Å². The minimum absolute atomic E-state index is 0. The molecule has 0 aliphatic heterocycles. The second kappa shape index (κ2) is 8.13. The molecule has 0 heterocycles. The van der Waals surface area contributed by atoms with E-state index in [2.05, 4.69) is 26.1 Å². The Morgan fingerprint density at radius 3 is 2.65 bits per heavy atom. The molecule has 0 saturated carbocycles. The lowest BCUT2D eigenvalue weighted by molar-refractivity contribution is 0.0956. The highest BCUT2D eigenvalue weighted by Gasteiger charge is 2.23. The van der Waals surface area contributed by atoms with Gasteiger partial charge in [-0.2, -0.15) is 0 Å². The zero-order valence-corrected chi connectivity index (χ0v) is 15.3. The molecule has 0 amide bonds. The number of rotatable bonds is 5. The van der Waals surface area contributed by atoms with Crippen molar-refractivity contribution >= 4 is 18.2 Å². The van der Waals surface area contributed by atoms with Crippen molar-refractivity contribution < 1.29 is 14.6 Å². The summed E-state index contributed by atoms with van der Waals surface area (Å²) in [5.74, 6) is 0.947. The molecule has 0 bridgehead atoms. The van der Waals surface area contributed by atoms with Crippen molar-refractivity contribution in [2.75, 3.05) is 13.2 Å². The summed E-state index contributed by atoms with van der Waals surface area (Å²) in [6.07, 6.45) is 1.79. The molecule has 0 fully saturated rings. The molecular formula is C18H28ClNO3. The first-order valence-electron chi connectivity index (χ1n) is 7.99. The highest BCUT2D eigenvalue weighted by molar-refractivity contribution is 6.00. The summed E-state index contributed by atoms with van der Waals surface area (Å²) in [4.78, 5) is 12.1. The lowest BCUT2D eigenvalue weighted by atomic mass is 9.87. The zero-order valence-electron chi connectivity index (χ0n) is 14.4. The van der Waals surface area contributed by atoms with Crippen molar-refractivity contribution in [3.63, 3.8) is 0 Å². The van der Waals surface area contributed by atoms with Gasteiger partial charge >= 0.3 is 0 Å². The Morgan fingerprint density at radius 2 is 2.00 bits per heavy atom. The molecule has 5 heteroatoms. The second-order valence-electron chi connectivity index (χ2n) is 7.11. The fraction of sp³-hybridized carbons (Fsp3) is 0.611. The molecule has 4 nitrogen and oxygen atoms in total. The fourth-order valence-corrected chi connectivity index (χ4v) is 2.74.